The predicted molar refractivity (Wildman–Crippen MR) is 87.8 cm³/mol. The molecule has 0 bridgehead atoms. The number of rotatable bonds is 5. The molecule has 0 aliphatic heterocycles. The topological polar surface area (TPSA) is 50.4 Å². The first kappa shape index (κ1) is 15.4. The molecule has 0 aliphatic carbocycles. The first-order valence-corrected chi connectivity index (χ1v) is 7.44. The first-order valence-electron chi connectivity index (χ1n) is 6.64. The smallest absolute Gasteiger partial charge is 0.319 e. The largest absolute Gasteiger partial charge is 0.491 e. The molecule has 0 fully saturated rings. The Bertz CT molecular complexity index is 617. The van der Waals surface area contributed by atoms with Crippen molar-refractivity contribution in [1.82, 2.24) is 5.32 Å². The maximum absolute atomic E-state index is 11.7. The van der Waals surface area contributed by atoms with Crippen molar-refractivity contribution in [2.45, 2.75) is 6.92 Å². The van der Waals surface area contributed by atoms with Crippen LogP contribution in [-0.2, 0) is 0 Å². The van der Waals surface area contributed by atoms with Crippen LogP contribution in [-0.4, -0.2) is 19.2 Å². The number of carbonyl (C=O) groups is 1. The van der Waals surface area contributed by atoms with Crippen LogP contribution in [0.15, 0.2) is 53.0 Å². The lowest BCUT2D eigenvalue weighted by atomic mass is 10.2. The van der Waals surface area contributed by atoms with Gasteiger partial charge in [0.25, 0.3) is 0 Å². The van der Waals surface area contributed by atoms with E-state index >= 15 is 0 Å². The van der Waals surface area contributed by atoms with E-state index in [1.54, 1.807) is 0 Å². The molecular formula is C16H17BrN2O2. The standard InChI is InChI=1S/C16H17BrN2O2/c1-12-6-2-5-9-15(12)21-11-10-18-16(20)19-14-8-4-3-7-13(14)17/h2-9H,10-11H2,1H3,(H2,18,19,20). The van der Waals surface area contributed by atoms with Gasteiger partial charge in [0.1, 0.15) is 12.4 Å². The zero-order valence-corrected chi connectivity index (χ0v) is 13.3. The summed E-state index contributed by atoms with van der Waals surface area (Å²) in [7, 11) is 0. The molecule has 21 heavy (non-hydrogen) atoms. The average molecular weight is 349 g/mol. The van der Waals surface area contributed by atoms with Crippen LogP contribution in [0.25, 0.3) is 0 Å². The molecule has 0 aromatic heterocycles. The average Bonchev–Trinajstić information content (AvgIpc) is 2.48. The van der Waals surface area contributed by atoms with E-state index in [9.17, 15) is 4.79 Å². The molecule has 0 spiro atoms. The predicted octanol–water partition coefficient (Wildman–Crippen LogP) is 3.96. The van der Waals surface area contributed by atoms with Crippen LogP contribution in [0.4, 0.5) is 10.5 Å². The van der Waals surface area contributed by atoms with Gasteiger partial charge in [0, 0.05) is 4.47 Å². The van der Waals surface area contributed by atoms with E-state index in [0.29, 0.717) is 13.2 Å². The van der Waals surface area contributed by atoms with Crippen LogP contribution in [0.5, 0.6) is 5.75 Å². The lowest BCUT2D eigenvalue weighted by molar-refractivity contribution is 0.247. The number of aryl methyl sites for hydroxylation is 1. The quantitative estimate of drug-likeness (QED) is 0.803. The molecule has 0 atom stereocenters. The third-order valence-corrected chi connectivity index (χ3v) is 3.55. The van der Waals surface area contributed by atoms with Gasteiger partial charge in [-0.1, -0.05) is 30.3 Å². The number of ether oxygens (including phenoxy) is 1. The van der Waals surface area contributed by atoms with Crippen LogP contribution in [0.2, 0.25) is 0 Å². The number of hydrogen-bond acceptors (Lipinski definition) is 2. The second-order valence-electron chi connectivity index (χ2n) is 4.47. The molecule has 2 aromatic carbocycles. The highest BCUT2D eigenvalue weighted by atomic mass is 79.9. The molecule has 0 unspecified atom stereocenters. The van der Waals surface area contributed by atoms with Crippen molar-refractivity contribution < 1.29 is 9.53 Å². The van der Waals surface area contributed by atoms with Crippen molar-refractivity contribution in [3.63, 3.8) is 0 Å². The highest BCUT2D eigenvalue weighted by Crippen LogP contribution is 2.20. The summed E-state index contributed by atoms with van der Waals surface area (Å²) in [5.74, 6) is 0.838. The highest BCUT2D eigenvalue weighted by Gasteiger charge is 2.04. The van der Waals surface area contributed by atoms with E-state index in [1.165, 1.54) is 0 Å². The van der Waals surface area contributed by atoms with E-state index in [0.717, 1.165) is 21.5 Å². The van der Waals surface area contributed by atoms with E-state index in [1.807, 2.05) is 55.5 Å². The van der Waals surface area contributed by atoms with Gasteiger partial charge in [-0.05, 0) is 46.6 Å². The fourth-order valence-corrected chi connectivity index (χ4v) is 2.16. The molecule has 2 rings (SSSR count). The van der Waals surface area contributed by atoms with Crippen LogP contribution in [0, 0.1) is 6.92 Å². The van der Waals surface area contributed by atoms with Crippen LogP contribution >= 0.6 is 15.9 Å². The summed E-state index contributed by atoms with van der Waals surface area (Å²) in [5.41, 5.74) is 1.81. The van der Waals surface area contributed by atoms with Gasteiger partial charge in [-0.2, -0.15) is 0 Å². The molecule has 0 saturated heterocycles. The summed E-state index contributed by atoms with van der Waals surface area (Å²) in [6, 6.07) is 15.0. The molecule has 0 aliphatic rings. The molecule has 2 aromatic rings. The van der Waals surface area contributed by atoms with Gasteiger partial charge in [0.2, 0.25) is 0 Å². The molecule has 5 heteroatoms. The number of nitrogens with one attached hydrogen (secondary N) is 2. The number of urea groups is 1. The number of halogens is 1. The van der Waals surface area contributed by atoms with Gasteiger partial charge in [-0.25, -0.2) is 4.79 Å². The van der Waals surface area contributed by atoms with Crippen LogP contribution in [0.3, 0.4) is 0 Å². The van der Waals surface area contributed by atoms with E-state index < -0.39 is 0 Å². The minimum absolute atomic E-state index is 0.254. The Morgan fingerprint density at radius 1 is 1.14 bits per heavy atom. The summed E-state index contributed by atoms with van der Waals surface area (Å²) in [6.45, 7) is 2.85. The Labute approximate surface area is 132 Å². The van der Waals surface area contributed by atoms with Crippen molar-refractivity contribution in [2.24, 2.45) is 0 Å². The number of benzene rings is 2. The number of para-hydroxylation sites is 2. The minimum Gasteiger partial charge on any atom is -0.491 e. The van der Waals surface area contributed by atoms with Crippen molar-refractivity contribution in [1.29, 1.82) is 0 Å². The fraction of sp³-hybridized carbons (Fsp3) is 0.188. The molecule has 0 radical (unpaired) electrons. The van der Waals surface area contributed by atoms with Crippen LogP contribution in [0.1, 0.15) is 5.56 Å². The molecule has 2 amide bonds. The molecule has 0 heterocycles. The van der Waals surface area contributed by atoms with Gasteiger partial charge in [-0.15, -0.1) is 0 Å². The van der Waals surface area contributed by atoms with Crippen molar-refractivity contribution in [3.8, 4) is 5.75 Å². The molecule has 0 saturated carbocycles. The first-order chi connectivity index (χ1) is 10.2. The monoisotopic (exact) mass is 348 g/mol. The summed E-state index contributed by atoms with van der Waals surface area (Å²) >= 11 is 3.38. The number of hydrogen-bond donors (Lipinski definition) is 2. The molecule has 110 valence electrons. The molecule has 2 N–H and O–H groups in total. The Balaban J connectivity index is 1.73. The van der Waals surface area contributed by atoms with Gasteiger partial charge in [-0.3, -0.25) is 0 Å². The third kappa shape index (κ3) is 4.79. The normalized spacial score (nSPS) is 10.0. The van der Waals surface area contributed by atoms with Crippen molar-refractivity contribution in [2.75, 3.05) is 18.5 Å². The van der Waals surface area contributed by atoms with Crippen LogP contribution < -0.4 is 15.4 Å². The molecule has 4 nitrogen and oxygen atoms in total. The zero-order chi connectivity index (χ0) is 15.1. The summed E-state index contributed by atoms with van der Waals surface area (Å²) < 4.78 is 6.45. The second kappa shape index (κ2) is 7.69. The lowest BCUT2D eigenvalue weighted by Gasteiger charge is -2.11. The fourth-order valence-electron chi connectivity index (χ4n) is 1.77. The van der Waals surface area contributed by atoms with Crippen molar-refractivity contribution in [3.05, 3.63) is 58.6 Å². The van der Waals surface area contributed by atoms with Gasteiger partial charge in [0.15, 0.2) is 0 Å². The molecular weight excluding hydrogens is 332 g/mol. The number of carbonyl (C=O) groups excluding carboxylic acids is 1. The van der Waals surface area contributed by atoms with E-state index in [2.05, 4.69) is 26.6 Å². The summed E-state index contributed by atoms with van der Waals surface area (Å²) in [5, 5.41) is 5.52. The number of amides is 2. The van der Waals surface area contributed by atoms with E-state index in [4.69, 9.17) is 4.74 Å². The Kier molecular flexibility index (Phi) is 5.63. The van der Waals surface area contributed by atoms with Gasteiger partial charge >= 0.3 is 6.03 Å². The Morgan fingerprint density at radius 2 is 1.86 bits per heavy atom. The minimum atomic E-state index is -0.254. The number of anilines is 1. The maximum Gasteiger partial charge on any atom is 0.319 e. The zero-order valence-electron chi connectivity index (χ0n) is 11.7. The summed E-state index contributed by atoms with van der Waals surface area (Å²) in [4.78, 5) is 11.7. The van der Waals surface area contributed by atoms with Gasteiger partial charge in [0.05, 0.1) is 12.2 Å². The van der Waals surface area contributed by atoms with Gasteiger partial charge < -0.3 is 15.4 Å². The lowest BCUT2D eigenvalue weighted by Crippen LogP contribution is -2.32. The van der Waals surface area contributed by atoms with Crippen molar-refractivity contribution >= 4 is 27.6 Å². The summed E-state index contributed by atoms with van der Waals surface area (Å²) in [6.07, 6.45) is 0. The second-order valence-corrected chi connectivity index (χ2v) is 5.33. The third-order valence-electron chi connectivity index (χ3n) is 2.86. The highest BCUT2D eigenvalue weighted by molar-refractivity contribution is 9.10. The Hall–Kier alpha value is -2.01. The van der Waals surface area contributed by atoms with E-state index in [-0.39, 0.29) is 6.03 Å². The SMILES string of the molecule is Cc1ccccc1OCCNC(=O)Nc1ccccc1Br. The Morgan fingerprint density at radius 3 is 2.62 bits per heavy atom. The maximum atomic E-state index is 11.7.